The Hall–Kier alpha value is -3.61. The quantitative estimate of drug-likeness (QED) is 0.493. The highest BCUT2D eigenvalue weighted by molar-refractivity contribution is 5.87. The summed E-state index contributed by atoms with van der Waals surface area (Å²) in [6.07, 6.45) is 2.04. The van der Waals surface area contributed by atoms with Crippen LogP contribution in [0.4, 0.5) is 4.79 Å². The maximum atomic E-state index is 12.7. The number of carbonyl (C=O) groups excluding carboxylic acids is 2. The van der Waals surface area contributed by atoms with Crippen molar-refractivity contribution in [3.05, 3.63) is 83.9 Å². The first-order valence-electron chi connectivity index (χ1n) is 8.79. The summed E-state index contributed by atoms with van der Waals surface area (Å²) >= 11 is 0. The fourth-order valence-electron chi connectivity index (χ4n) is 2.74. The van der Waals surface area contributed by atoms with Crippen LogP contribution in [0.2, 0.25) is 0 Å². The highest BCUT2D eigenvalue weighted by Crippen LogP contribution is 2.07. The lowest BCUT2D eigenvalue weighted by molar-refractivity contribution is -0.123. The summed E-state index contributed by atoms with van der Waals surface area (Å²) in [6.45, 7) is 0. The highest BCUT2D eigenvalue weighted by Gasteiger charge is 2.23. The molecule has 0 spiro atoms. The van der Waals surface area contributed by atoms with Gasteiger partial charge in [0.05, 0.1) is 6.04 Å². The van der Waals surface area contributed by atoms with Gasteiger partial charge in [0, 0.05) is 12.5 Å². The van der Waals surface area contributed by atoms with E-state index in [0.717, 1.165) is 11.1 Å². The summed E-state index contributed by atoms with van der Waals surface area (Å²) in [4.78, 5) is 35.0. The first-order valence-corrected chi connectivity index (χ1v) is 8.79. The van der Waals surface area contributed by atoms with Crippen molar-refractivity contribution in [2.45, 2.75) is 24.9 Å². The van der Waals surface area contributed by atoms with Gasteiger partial charge in [-0.05, 0) is 17.5 Å². The maximum Gasteiger partial charge on any atom is 0.405 e. The number of nitrogens with two attached hydrogens (primary N) is 1. The van der Waals surface area contributed by atoms with E-state index in [2.05, 4.69) is 10.6 Å². The Bertz CT molecular complexity index is 822. The third-order valence-electron chi connectivity index (χ3n) is 4.02. The predicted molar refractivity (Wildman–Crippen MR) is 106 cm³/mol. The lowest BCUT2D eigenvalue weighted by Gasteiger charge is -2.21. The molecule has 7 heteroatoms. The molecule has 0 aliphatic heterocycles. The number of carboxylic acid groups (broad SMARTS) is 1. The first-order chi connectivity index (χ1) is 13.4. The summed E-state index contributed by atoms with van der Waals surface area (Å²) in [5.74, 6) is -1.11. The monoisotopic (exact) mass is 381 g/mol. The van der Waals surface area contributed by atoms with E-state index >= 15 is 0 Å². The van der Waals surface area contributed by atoms with Crippen molar-refractivity contribution in [3.63, 3.8) is 0 Å². The molecule has 0 heterocycles. The van der Waals surface area contributed by atoms with Crippen LogP contribution in [0.1, 0.15) is 11.1 Å². The second-order valence-corrected chi connectivity index (χ2v) is 6.26. The van der Waals surface area contributed by atoms with E-state index in [1.54, 1.807) is 0 Å². The Kier molecular flexibility index (Phi) is 7.77. The molecule has 28 heavy (non-hydrogen) atoms. The van der Waals surface area contributed by atoms with Crippen molar-refractivity contribution in [2.24, 2.45) is 5.73 Å². The number of carbonyl (C=O) groups is 3. The molecule has 5 N–H and O–H groups in total. The van der Waals surface area contributed by atoms with Gasteiger partial charge in [-0.1, -0.05) is 66.7 Å². The van der Waals surface area contributed by atoms with E-state index in [1.165, 1.54) is 12.2 Å². The second-order valence-electron chi connectivity index (χ2n) is 6.26. The van der Waals surface area contributed by atoms with Crippen LogP contribution in [0.5, 0.6) is 0 Å². The van der Waals surface area contributed by atoms with Crippen molar-refractivity contribution in [1.82, 2.24) is 10.6 Å². The van der Waals surface area contributed by atoms with Crippen LogP contribution in [0.15, 0.2) is 72.8 Å². The van der Waals surface area contributed by atoms with Crippen molar-refractivity contribution in [2.75, 3.05) is 0 Å². The minimum Gasteiger partial charge on any atom is -0.465 e. The number of hydrogen-bond acceptors (Lipinski definition) is 3. The third kappa shape index (κ3) is 7.33. The molecule has 146 valence electrons. The molecule has 0 aromatic heterocycles. The second kappa shape index (κ2) is 10.5. The van der Waals surface area contributed by atoms with Gasteiger partial charge in [-0.2, -0.15) is 0 Å². The largest absolute Gasteiger partial charge is 0.465 e. The summed E-state index contributed by atoms with van der Waals surface area (Å²) in [5.41, 5.74) is 6.94. The number of hydrogen-bond donors (Lipinski definition) is 4. The highest BCUT2D eigenvalue weighted by atomic mass is 16.4. The van der Waals surface area contributed by atoms with Crippen LogP contribution in [0.25, 0.3) is 0 Å². The van der Waals surface area contributed by atoms with Crippen molar-refractivity contribution in [1.29, 1.82) is 0 Å². The maximum absolute atomic E-state index is 12.7. The van der Waals surface area contributed by atoms with E-state index < -0.39 is 30.0 Å². The fourth-order valence-corrected chi connectivity index (χ4v) is 2.74. The van der Waals surface area contributed by atoms with Crippen LogP contribution in [0.3, 0.4) is 0 Å². The molecule has 0 aliphatic rings. The normalized spacial score (nSPS) is 12.9. The predicted octanol–water partition coefficient (Wildman–Crippen LogP) is 1.63. The lowest BCUT2D eigenvalue weighted by atomic mass is 10.0. The standard InChI is InChI=1S/C21H23N3O4/c22-19(25)12-11-17(13-15-7-3-1-4-8-15)23-20(26)18(24-21(27)28)14-16-9-5-2-6-10-16/h1-12,17-18,24H,13-14H2,(H2,22,25)(H,23,26)(H,27,28)/b12-11+/t17-,18+/m1/s1. The smallest absolute Gasteiger partial charge is 0.405 e. The van der Waals surface area contributed by atoms with Crippen LogP contribution in [0, 0.1) is 0 Å². The number of rotatable bonds is 9. The van der Waals surface area contributed by atoms with Crippen LogP contribution < -0.4 is 16.4 Å². The molecular weight excluding hydrogens is 358 g/mol. The number of nitrogens with one attached hydrogen (secondary N) is 2. The zero-order valence-electron chi connectivity index (χ0n) is 15.2. The summed E-state index contributed by atoms with van der Waals surface area (Å²) in [6, 6.07) is 17.0. The molecular formula is C21H23N3O4. The topological polar surface area (TPSA) is 122 Å². The Morgan fingerprint density at radius 1 is 0.893 bits per heavy atom. The van der Waals surface area contributed by atoms with Gasteiger partial charge in [0.25, 0.3) is 0 Å². The molecule has 2 atom stereocenters. The van der Waals surface area contributed by atoms with Gasteiger partial charge in [-0.3, -0.25) is 9.59 Å². The van der Waals surface area contributed by atoms with Gasteiger partial charge >= 0.3 is 6.09 Å². The minimum absolute atomic E-state index is 0.205. The Labute approximate surface area is 163 Å². The molecule has 3 amide bonds. The van der Waals surface area contributed by atoms with Gasteiger partial charge in [-0.25, -0.2) is 4.79 Å². The van der Waals surface area contributed by atoms with Gasteiger partial charge in [-0.15, -0.1) is 0 Å². The first kappa shape index (κ1) is 20.7. The van der Waals surface area contributed by atoms with Crippen molar-refractivity contribution in [3.8, 4) is 0 Å². The molecule has 0 fully saturated rings. The SMILES string of the molecule is NC(=O)/C=C/[C@H](Cc1ccccc1)NC(=O)[C@H](Cc1ccccc1)NC(=O)O. The Morgan fingerprint density at radius 3 is 1.93 bits per heavy atom. The molecule has 2 rings (SSSR count). The molecule has 0 bridgehead atoms. The Balaban J connectivity index is 2.14. The van der Waals surface area contributed by atoms with Crippen LogP contribution >= 0.6 is 0 Å². The fraction of sp³-hybridized carbons (Fsp3) is 0.190. The Morgan fingerprint density at radius 2 is 1.43 bits per heavy atom. The summed E-state index contributed by atoms with van der Waals surface area (Å²) in [7, 11) is 0. The van der Waals surface area contributed by atoms with Crippen molar-refractivity contribution < 1.29 is 19.5 Å². The average molecular weight is 381 g/mol. The van der Waals surface area contributed by atoms with E-state index in [4.69, 9.17) is 10.8 Å². The number of primary amides is 1. The summed E-state index contributed by atoms with van der Waals surface area (Å²) < 4.78 is 0. The zero-order chi connectivity index (χ0) is 20.4. The van der Waals surface area contributed by atoms with E-state index in [0.29, 0.717) is 6.42 Å². The number of amides is 3. The van der Waals surface area contributed by atoms with E-state index in [1.807, 2.05) is 60.7 Å². The third-order valence-corrected chi connectivity index (χ3v) is 4.02. The zero-order valence-corrected chi connectivity index (χ0v) is 15.2. The molecule has 0 unspecified atom stereocenters. The minimum atomic E-state index is -1.29. The van der Waals surface area contributed by atoms with Gasteiger partial charge in [0.1, 0.15) is 6.04 Å². The van der Waals surface area contributed by atoms with Crippen LogP contribution in [-0.4, -0.2) is 35.1 Å². The molecule has 2 aromatic rings. The molecule has 7 nitrogen and oxygen atoms in total. The molecule has 0 radical (unpaired) electrons. The number of benzene rings is 2. The molecule has 2 aromatic carbocycles. The van der Waals surface area contributed by atoms with Gasteiger partial charge in [0.15, 0.2) is 0 Å². The average Bonchev–Trinajstić information content (AvgIpc) is 2.67. The lowest BCUT2D eigenvalue weighted by Crippen LogP contribution is -2.50. The van der Waals surface area contributed by atoms with E-state index in [-0.39, 0.29) is 6.42 Å². The van der Waals surface area contributed by atoms with Gasteiger partial charge in [0.2, 0.25) is 11.8 Å². The molecule has 0 saturated heterocycles. The van der Waals surface area contributed by atoms with Crippen molar-refractivity contribution >= 4 is 17.9 Å². The molecule has 0 aliphatic carbocycles. The summed E-state index contributed by atoms with van der Waals surface area (Å²) in [5, 5.41) is 14.1. The molecule has 0 saturated carbocycles. The van der Waals surface area contributed by atoms with Crippen LogP contribution in [-0.2, 0) is 22.4 Å². The van der Waals surface area contributed by atoms with E-state index in [9.17, 15) is 14.4 Å². The van der Waals surface area contributed by atoms with Gasteiger partial charge < -0.3 is 21.5 Å².